The molecule has 9 heteroatoms. The Balaban J connectivity index is 3.32. The molecule has 2 N–H and O–H groups in total. The molecule has 0 aliphatic carbocycles. The lowest BCUT2D eigenvalue weighted by Crippen LogP contribution is -2.64. The fourth-order valence-corrected chi connectivity index (χ4v) is 4.03. The molecular formula is C24H40O9. The van der Waals surface area contributed by atoms with Crippen molar-refractivity contribution in [3.05, 3.63) is 11.6 Å². The van der Waals surface area contributed by atoms with Crippen LogP contribution in [0.25, 0.3) is 0 Å². The van der Waals surface area contributed by atoms with Gasteiger partial charge in [-0.3, -0.25) is 4.79 Å². The van der Waals surface area contributed by atoms with E-state index < -0.39 is 48.1 Å². The number of esters is 2. The average Bonchev–Trinajstić information content (AvgIpc) is 2.79. The predicted octanol–water partition coefficient (Wildman–Crippen LogP) is 2.46. The minimum atomic E-state index is -1.76. The molecule has 1 rings (SSSR count). The van der Waals surface area contributed by atoms with Crippen LogP contribution in [0.3, 0.4) is 0 Å². The third-order valence-corrected chi connectivity index (χ3v) is 5.97. The summed E-state index contributed by atoms with van der Waals surface area (Å²) in [6.45, 7) is 4.78. The third-order valence-electron chi connectivity index (χ3n) is 5.97. The maximum absolute atomic E-state index is 12.7. The summed E-state index contributed by atoms with van der Waals surface area (Å²) in [4.78, 5) is 36.9. The Morgan fingerprint density at radius 3 is 2.45 bits per heavy atom. The number of carbonyl (C=O) groups excluding carboxylic acids is 3. The molecule has 1 aliphatic rings. The number of rotatable bonds is 14. The zero-order chi connectivity index (χ0) is 25.1. The monoisotopic (exact) mass is 472 g/mol. The van der Waals surface area contributed by atoms with Crippen LogP contribution in [-0.2, 0) is 33.3 Å². The number of carbonyl (C=O) groups is 3. The van der Waals surface area contributed by atoms with Crippen LogP contribution >= 0.6 is 0 Å². The van der Waals surface area contributed by atoms with E-state index in [-0.39, 0.29) is 19.3 Å². The molecule has 0 spiro atoms. The highest BCUT2D eigenvalue weighted by Gasteiger charge is 2.60. The predicted molar refractivity (Wildman–Crippen MR) is 120 cm³/mol. The van der Waals surface area contributed by atoms with Gasteiger partial charge < -0.3 is 34.0 Å². The molecule has 33 heavy (non-hydrogen) atoms. The topological polar surface area (TPSA) is 129 Å². The molecule has 1 aliphatic heterocycles. The number of aliphatic hydroxyl groups is 2. The zero-order valence-corrected chi connectivity index (χ0v) is 20.5. The Kier molecular flexibility index (Phi) is 12.2. The Bertz CT molecular complexity index is 673. The van der Waals surface area contributed by atoms with Gasteiger partial charge in [0.25, 0.3) is 0 Å². The first-order chi connectivity index (χ1) is 15.6. The summed E-state index contributed by atoms with van der Waals surface area (Å²) in [6.07, 6.45) is 3.94. The van der Waals surface area contributed by atoms with Gasteiger partial charge in [-0.2, -0.15) is 0 Å². The van der Waals surface area contributed by atoms with Gasteiger partial charge in [-0.25, -0.2) is 4.79 Å². The molecular weight excluding hydrogens is 432 g/mol. The van der Waals surface area contributed by atoms with Crippen LogP contribution in [0.4, 0.5) is 0 Å². The maximum atomic E-state index is 12.7. The molecule has 0 radical (unpaired) electrons. The number of hydrogen-bond acceptors (Lipinski definition) is 9. The van der Waals surface area contributed by atoms with E-state index in [4.69, 9.17) is 18.9 Å². The lowest BCUT2D eigenvalue weighted by Gasteiger charge is -2.51. The smallest absolute Gasteiger partial charge is 0.330 e. The van der Waals surface area contributed by atoms with Gasteiger partial charge in [0.1, 0.15) is 6.29 Å². The third kappa shape index (κ3) is 7.88. The Morgan fingerprint density at radius 2 is 1.91 bits per heavy atom. The number of unbranched alkanes of at least 4 members (excludes halogenated alkanes) is 4. The minimum absolute atomic E-state index is 0.0210. The van der Waals surface area contributed by atoms with Crippen molar-refractivity contribution < 1.29 is 43.5 Å². The van der Waals surface area contributed by atoms with Crippen LogP contribution in [0, 0.1) is 5.41 Å². The molecule has 0 saturated carbocycles. The second-order valence-electron chi connectivity index (χ2n) is 9.00. The molecule has 0 aromatic rings. The van der Waals surface area contributed by atoms with Gasteiger partial charge in [-0.05, 0) is 32.3 Å². The number of methoxy groups -OCH3 is 2. The Morgan fingerprint density at radius 1 is 1.24 bits per heavy atom. The van der Waals surface area contributed by atoms with Gasteiger partial charge in [-0.1, -0.05) is 32.6 Å². The lowest BCUT2D eigenvalue weighted by molar-refractivity contribution is -0.337. The summed E-state index contributed by atoms with van der Waals surface area (Å²) >= 11 is 0. The van der Waals surface area contributed by atoms with Crippen molar-refractivity contribution in [3.8, 4) is 0 Å². The lowest BCUT2D eigenvalue weighted by atomic mass is 9.75. The fourth-order valence-electron chi connectivity index (χ4n) is 4.03. The van der Waals surface area contributed by atoms with E-state index in [0.717, 1.165) is 25.7 Å². The number of aliphatic hydroxyl groups excluding tert-OH is 2. The summed E-state index contributed by atoms with van der Waals surface area (Å²) in [6, 6.07) is 0. The van der Waals surface area contributed by atoms with Crippen molar-refractivity contribution in [2.24, 2.45) is 5.41 Å². The van der Waals surface area contributed by atoms with Crippen LogP contribution in [-0.4, -0.2) is 73.4 Å². The maximum Gasteiger partial charge on any atom is 0.330 e. The van der Waals surface area contributed by atoms with Gasteiger partial charge in [0, 0.05) is 26.0 Å². The largest absolute Gasteiger partial charge is 0.466 e. The summed E-state index contributed by atoms with van der Waals surface area (Å²) in [7, 11) is 2.55. The highest BCUT2D eigenvalue weighted by Crippen LogP contribution is 2.47. The SMILES string of the molecule is CCCCCCCC(=O)O[C@H]1/C(=C/C(=O)OC)C[C@@H](CC(O)CO)O[C@@]1(OC)C(C)(C)C=O. The van der Waals surface area contributed by atoms with E-state index in [1.54, 1.807) is 13.8 Å². The highest BCUT2D eigenvalue weighted by molar-refractivity contribution is 5.83. The summed E-state index contributed by atoms with van der Waals surface area (Å²) < 4.78 is 22.5. The standard InChI is InChI=1S/C24H40O9/c1-6-7-8-9-10-11-20(28)32-22-17(13-21(29)30-4)12-19(14-18(27)15-25)33-24(22,31-5)23(2,3)16-26/h13,16,18-19,22,25,27H,6-12,14-15H2,1-5H3/b17-13+/t18?,19-,22-,24+/m0/s1. The van der Waals surface area contributed by atoms with Crippen molar-refractivity contribution in [1.29, 1.82) is 0 Å². The molecule has 4 atom stereocenters. The fraction of sp³-hybridized carbons (Fsp3) is 0.792. The first-order valence-electron chi connectivity index (χ1n) is 11.6. The van der Waals surface area contributed by atoms with Gasteiger partial charge in [0.05, 0.1) is 31.3 Å². The molecule has 0 aromatic carbocycles. The molecule has 1 unspecified atom stereocenters. The number of ether oxygens (including phenoxy) is 4. The quantitative estimate of drug-likeness (QED) is 0.169. The summed E-state index contributed by atoms with van der Waals surface area (Å²) in [5, 5.41) is 19.2. The van der Waals surface area contributed by atoms with Crippen LogP contribution in [0.2, 0.25) is 0 Å². The summed E-state index contributed by atoms with van der Waals surface area (Å²) in [5.74, 6) is -2.92. The van der Waals surface area contributed by atoms with E-state index in [9.17, 15) is 24.6 Å². The van der Waals surface area contributed by atoms with E-state index in [1.807, 2.05) is 0 Å². The van der Waals surface area contributed by atoms with E-state index >= 15 is 0 Å². The van der Waals surface area contributed by atoms with Crippen LogP contribution in [0.5, 0.6) is 0 Å². The van der Waals surface area contributed by atoms with E-state index in [2.05, 4.69) is 6.92 Å². The highest BCUT2D eigenvalue weighted by atomic mass is 16.7. The van der Waals surface area contributed by atoms with E-state index in [0.29, 0.717) is 18.3 Å². The second-order valence-corrected chi connectivity index (χ2v) is 9.00. The number of aldehydes is 1. The van der Waals surface area contributed by atoms with Crippen molar-refractivity contribution in [2.45, 2.75) is 96.2 Å². The average molecular weight is 473 g/mol. The van der Waals surface area contributed by atoms with Crippen LogP contribution in [0.15, 0.2) is 11.6 Å². The van der Waals surface area contributed by atoms with Crippen molar-refractivity contribution >= 4 is 18.2 Å². The molecule has 1 saturated heterocycles. The molecule has 1 heterocycles. The van der Waals surface area contributed by atoms with Crippen molar-refractivity contribution in [3.63, 3.8) is 0 Å². The minimum Gasteiger partial charge on any atom is -0.466 e. The molecule has 0 amide bonds. The first kappa shape index (κ1) is 29.2. The van der Waals surface area contributed by atoms with Crippen LogP contribution < -0.4 is 0 Å². The van der Waals surface area contributed by atoms with Gasteiger partial charge >= 0.3 is 11.9 Å². The van der Waals surface area contributed by atoms with Gasteiger partial charge in [-0.15, -0.1) is 0 Å². The Labute approximate surface area is 196 Å². The molecule has 190 valence electrons. The second kappa shape index (κ2) is 13.8. The van der Waals surface area contributed by atoms with Gasteiger partial charge in [0.2, 0.25) is 5.79 Å². The van der Waals surface area contributed by atoms with Crippen molar-refractivity contribution in [1.82, 2.24) is 0 Å². The number of hydrogen-bond donors (Lipinski definition) is 2. The van der Waals surface area contributed by atoms with Gasteiger partial charge in [0.15, 0.2) is 6.10 Å². The van der Waals surface area contributed by atoms with Crippen molar-refractivity contribution in [2.75, 3.05) is 20.8 Å². The normalized spacial score (nSPS) is 25.5. The zero-order valence-electron chi connectivity index (χ0n) is 20.5. The molecule has 0 aromatic heterocycles. The molecule has 1 fully saturated rings. The van der Waals surface area contributed by atoms with Crippen LogP contribution in [0.1, 0.15) is 72.1 Å². The molecule has 9 nitrogen and oxygen atoms in total. The Hall–Kier alpha value is -1.81. The van der Waals surface area contributed by atoms with E-state index in [1.165, 1.54) is 20.3 Å². The first-order valence-corrected chi connectivity index (χ1v) is 11.6. The summed E-state index contributed by atoms with van der Waals surface area (Å²) in [5.41, 5.74) is -0.953. The molecule has 0 bridgehead atoms.